The standard InChI is InChI=1S/C38H33Cl2N7O2/c1-45(2)38(49)24-14-17-46(18-15-24)36-28(9-6-16-41-36)44-37(48)33-31-30-27(19-26(40)20-29(30)43-33)34(23-10-12-25(39)13-11-23)47-21-42-32(35(31)47)22-7-4-3-5-8-22/h3-13,16,19-21,24,34,43H,14-15,17-18H2,1-2H3,(H,44,48). The van der Waals surface area contributed by atoms with Crippen LogP contribution in [0.2, 0.25) is 10.0 Å². The average Bonchev–Trinajstić information content (AvgIpc) is 3.72. The van der Waals surface area contributed by atoms with Gasteiger partial charge in [0.2, 0.25) is 5.91 Å². The number of fused-ring (bicyclic) bond motifs is 2. The Morgan fingerprint density at radius 2 is 1.67 bits per heavy atom. The highest BCUT2D eigenvalue weighted by Crippen LogP contribution is 2.50. The van der Waals surface area contributed by atoms with E-state index in [1.54, 1.807) is 25.2 Å². The highest BCUT2D eigenvalue weighted by Gasteiger charge is 2.36. The molecule has 49 heavy (non-hydrogen) atoms. The molecule has 0 radical (unpaired) electrons. The van der Waals surface area contributed by atoms with E-state index < -0.39 is 0 Å². The van der Waals surface area contributed by atoms with E-state index in [0.29, 0.717) is 40.3 Å². The third-order valence-electron chi connectivity index (χ3n) is 9.58. The number of H-pyrrole nitrogens is 1. The summed E-state index contributed by atoms with van der Waals surface area (Å²) in [5.74, 6) is 0.498. The van der Waals surface area contributed by atoms with E-state index in [1.807, 2.05) is 85.2 Å². The highest BCUT2D eigenvalue weighted by atomic mass is 35.5. The van der Waals surface area contributed by atoms with Gasteiger partial charge in [-0.25, -0.2) is 9.97 Å². The van der Waals surface area contributed by atoms with Gasteiger partial charge >= 0.3 is 0 Å². The summed E-state index contributed by atoms with van der Waals surface area (Å²) in [5, 5.41) is 5.29. The number of imidazole rings is 1. The number of hydrogen-bond acceptors (Lipinski definition) is 5. The molecule has 0 bridgehead atoms. The van der Waals surface area contributed by atoms with Crippen molar-refractivity contribution in [2.24, 2.45) is 5.92 Å². The Hall–Kier alpha value is -5.12. The van der Waals surface area contributed by atoms with E-state index >= 15 is 0 Å². The molecule has 0 spiro atoms. The van der Waals surface area contributed by atoms with Gasteiger partial charge in [0, 0.05) is 71.4 Å². The van der Waals surface area contributed by atoms with Gasteiger partial charge in [0.15, 0.2) is 5.82 Å². The van der Waals surface area contributed by atoms with Crippen molar-refractivity contribution in [1.29, 1.82) is 0 Å². The molecule has 8 rings (SSSR count). The molecule has 1 unspecified atom stereocenters. The van der Waals surface area contributed by atoms with Gasteiger partial charge in [-0.15, -0.1) is 0 Å². The van der Waals surface area contributed by atoms with Crippen LogP contribution in [0.1, 0.15) is 40.5 Å². The summed E-state index contributed by atoms with van der Waals surface area (Å²) < 4.78 is 2.12. The molecule has 1 fully saturated rings. The summed E-state index contributed by atoms with van der Waals surface area (Å²) >= 11 is 13.1. The van der Waals surface area contributed by atoms with Crippen LogP contribution in [0.3, 0.4) is 0 Å². The maximum absolute atomic E-state index is 14.5. The summed E-state index contributed by atoms with van der Waals surface area (Å²) in [6.07, 6.45) is 5.01. The predicted octanol–water partition coefficient (Wildman–Crippen LogP) is 7.91. The number of hydrogen-bond donors (Lipinski definition) is 2. The SMILES string of the molecule is CN(C)C(=O)C1CCN(c2ncccc2NC(=O)c2[nH]c3cc(Cl)cc4c3c2-c2c(-c3ccccc3)ncn2C4c2ccc(Cl)cc2)CC1. The summed E-state index contributed by atoms with van der Waals surface area (Å²) in [6, 6.07) is 25.0. The second-order valence-corrected chi connectivity index (χ2v) is 13.7. The van der Waals surface area contributed by atoms with Gasteiger partial charge in [-0.3, -0.25) is 9.59 Å². The third-order valence-corrected chi connectivity index (χ3v) is 10.0. The van der Waals surface area contributed by atoms with Gasteiger partial charge in [-0.05, 0) is 60.4 Å². The van der Waals surface area contributed by atoms with Gasteiger partial charge in [0.25, 0.3) is 5.91 Å². The number of rotatable bonds is 6. The van der Waals surface area contributed by atoms with Gasteiger partial charge < -0.3 is 24.7 Å². The molecule has 9 nitrogen and oxygen atoms in total. The first kappa shape index (κ1) is 31.2. The maximum atomic E-state index is 14.5. The Kier molecular flexibility index (Phi) is 7.89. The van der Waals surface area contributed by atoms with E-state index in [9.17, 15) is 9.59 Å². The van der Waals surface area contributed by atoms with Crippen molar-refractivity contribution in [3.8, 4) is 22.5 Å². The molecule has 11 heteroatoms. The smallest absolute Gasteiger partial charge is 0.272 e. The van der Waals surface area contributed by atoms with E-state index in [0.717, 1.165) is 57.4 Å². The molecule has 1 saturated heterocycles. The van der Waals surface area contributed by atoms with Crippen LogP contribution in [0.4, 0.5) is 11.5 Å². The van der Waals surface area contributed by atoms with Crippen molar-refractivity contribution >= 4 is 57.4 Å². The van der Waals surface area contributed by atoms with Crippen molar-refractivity contribution < 1.29 is 9.59 Å². The number of carbonyl (C=O) groups is 2. The third kappa shape index (κ3) is 5.43. The number of carbonyl (C=O) groups excluding carboxylic acids is 2. The van der Waals surface area contributed by atoms with Crippen molar-refractivity contribution in [3.05, 3.63) is 118 Å². The molecule has 2 amide bonds. The monoisotopic (exact) mass is 689 g/mol. The molecule has 3 aromatic heterocycles. The highest BCUT2D eigenvalue weighted by molar-refractivity contribution is 6.32. The van der Waals surface area contributed by atoms with Crippen LogP contribution >= 0.6 is 23.2 Å². The molecule has 6 aromatic rings. The van der Waals surface area contributed by atoms with Crippen LogP contribution in [-0.4, -0.2) is 63.4 Å². The first-order valence-electron chi connectivity index (χ1n) is 16.2. The van der Waals surface area contributed by atoms with Crippen LogP contribution in [0.15, 0.2) is 91.4 Å². The Labute approximate surface area is 293 Å². The lowest BCUT2D eigenvalue weighted by Crippen LogP contribution is -2.40. The molecule has 3 aromatic carbocycles. The fourth-order valence-electron chi connectivity index (χ4n) is 7.33. The average molecular weight is 691 g/mol. The van der Waals surface area contributed by atoms with Crippen LogP contribution < -0.4 is 10.2 Å². The number of nitrogens with zero attached hydrogens (tertiary/aromatic N) is 5. The first-order chi connectivity index (χ1) is 23.8. The fourth-order valence-corrected chi connectivity index (χ4v) is 7.68. The van der Waals surface area contributed by atoms with E-state index in [4.69, 9.17) is 28.2 Å². The quantitative estimate of drug-likeness (QED) is 0.185. The number of benzene rings is 3. The van der Waals surface area contributed by atoms with Crippen LogP contribution in [-0.2, 0) is 4.79 Å². The van der Waals surface area contributed by atoms with Gasteiger partial charge in [-0.1, -0.05) is 65.7 Å². The molecule has 2 aliphatic heterocycles. The lowest BCUT2D eigenvalue weighted by Gasteiger charge is -2.34. The molecular weight excluding hydrogens is 657 g/mol. The summed E-state index contributed by atoms with van der Waals surface area (Å²) in [4.78, 5) is 43.9. The lowest BCUT2D eigenvalue weighted by molar-refractivity contribution is -0.133. The second kappa shape index (κ2) is 12.4. The topological polar surface area (TPSA) is 99.2 Å². The van der Waals surface area contributed by atoms with Crippen LogP contribution in [0.25, 0.3) is 33.4 Å². The lowest BCUT2D eigenvalue weighted by atomic mass is 9.88. The van der Waals surface area contributed by atoms with Gasteiger partial charge in [-0.2, -0.15) is 0 Å². The van der Waals surface area contributed by atoms with Gasteiger partial charge in [0.05, 0.1) is 29.4 Å². The minimum Gasteiger partial charge on any atom is -0.355 e. The summed E-state index contributed by atoms with van der Waals surface area (Å²) in [7, 11) is 3.59. The summed E-state index contributed by atoms with van der Waals surface area (Å²) in [6.45, 7) is 1.32. The van der Waals surface area contributed by atoms with E-state index in [1.165, 1.54) is 0 Å². The van der Waals surface area contributed by atoms with E-state index in [2.05, 4.69) is 24.8 Å². The zero-order valence-corrected chi connectivity index (χ0v) is 28.5. The molecule has 246 valence electrons. The number of aromatic nitrogens is 4. The number of halogens is 2. The number of amides is 2. The molecule has 0 aliphatic carbocycles. The molecule has 2 aliphatic rings. The van der Waals surface area contributed by atoms with Crippen molar-refractivity contribution in [3.63, 3.8) is 0 Å². The number of pyridine rings is 1. The molecular formula is C38H33Cl2N7O2. The van der Waals surface area contributed by atoms with Crippen molar-refractivity contribution in [1.82, 2.24) is 24.4 Å². The molecule has 5 heterocycles. The predicted molar refractivity (Wildman–Crippen MR) is 194 cm³/mol. The normalized spacial score (nSPS) is 15.7. The second-order valence-electron chi connectivity index (χ2n) is 12.8. The maximum Gasteiger partial charge on any atom is 0.272 e. The Bertz CT molecular complexity index is 2220. The Morgan fingerprint density at radius 1 is 0.918 bits per heavy atom. The van der Waals surface area contributed by atoms with Gasteiger partial charge in [0.1, 0.15) is 5.69 Å². The molecule has 2 N–H and O–H groups in total. The van der Waals surface area contributed by atoms with E-state index in [-0.39, 0.29) is 23.8 Å². The van der Waals surface area contributed by atoms with Crippen molar-refractivity contribution in [2.75, 3.05) is 37.4 Å². The largest absolute Gasteiger partial charge is 0.355 e. The summed E-state index contributed by atoms with van der Waals surface area (Å²) in [5.41, 5.74) is 7.02. The minimum atomic E-state index is -0.308. The fraction of sp³-hybridized carbons (Fsp3) is 0.211. The Morgan fingerprint density at radius 3 is 2.41 bits per heavy atom. The van der Waals surface area contributed by atoms with Crippen LogP contribution in [0.5, 0.6) is 0 Å². The first-order valence-corrected chi connectivity index (χ1v) is 17.0. The number of anilines is 2. The van der Waals surface area contributed by atoms with Crippen LogP contribution in [0, 0.1) is 5.92 Å². The zero-order valence-electron chi connectivity index (χ0n) is 27.0. The number of aromatic amines is 1. The minimum absolute atomic E-state index is 0.0196. The number of nitrogens with one attached hydrogen (secondary N) is 2. The zero-order chi connectivity index (χ0) is 33.8. The molecule has 0 saturated carbocycles. The molecule has 1 atom stereocenters. The Balaban J connectivity index is 1.23. The number of piperidine rings is 1. The van der Waals surface area contributed by atoms with Crippen molar-refractivity contribution in [2.45, 2.75) is 18.9 Å².